The number of hydrogen-bond acceptors (Lipinski definition) is 7. The van der Waals surface area contributed by atoms with E-state index in [4.69, 9.17) is 11.6 Å². The predicted octanol–water partition coefficient (Wildman–Crippen LogP) is 5.19. The molecule has 11 heteroatoms. The molecule has 1 saturated carbocycles. The zero-order valence-electron chi connectivity index (χ0n) is 18.6. The van der Waals surface area contributed by atoms with Crippen molar-refractivity contribution < 1.29 is 18.7 Å². The molecule has 2 heterocycles. The number of nitriles is 1. The van der Waals surface area contributed by atoms with Gasteiger partial charge in [-0.15, -0.1) is 0 Å². The summed E-state index contributed by atoms with van der Waals surface area (Å²) in [7, 11) is 0. The van der Waals surface area contributed by atoms with Gasteiger partial charge >= 0.3 is 5.97 Å². The predicted molar refractivity (Wildman–Crippen MR) is 123 cm³/mol. The van der Waals surface area contributed by atoms with Gasteiger partial charge in [-0.25, -0.2) is 28.5 Å². The van der Waals surface area contributed by atoms with Gasteiger partial charge in [-0.05, 0) is 37.6 Å². The number of alkyl halides is 2. The van der Waals surface area contributed by atoms with Crippen molar-refractivity contribution in [3.05, 3.63) is 51.9 Å². The fraction of sp³-hybridized carbons (Fsp3) is 0.348. The quantitative estimate of drug-likeness (QED) is 0.390. The van der Waals surface area contributed by atoms with Crippen LogP contribution in [0.25, 0.3) is 11.0 Å². The molecule has 1 aliphatic carbocycles. The van der Waals surface area contributed by atoms with E-state index in [2.05, 4.69) is 25.6 Å². The highest BCUT2D eigenvalue weighted by Gasteiger charge is 2.67. The van der Waals surface area contributed by atoms with Crippen LogP contribution in [0.1, 0.15) is 53.6 Å². The first-order valence-corrected chi connectivity index (χ1v) is 10.8. The zero-order chi connectivity index (χ0) is 24.8. The lowest BCUT2D eigenvalue weighted by molar-refractivity contribution is 0.0690. The molecular weight excluding hydrogens is 466 g/mol. The van der Waals surface area contributed by atoms with E-state index in [9.17, 15) is 23.9 Å². The van der Waals surface area contributed by atoms with Gasteiger partial charge in [0.15, 0.2) is 17.2 Å². The number of anilines is 2. The third-order valence-electron chi connectivity index (χ3n) is 5.97. The van der Waals surface area contributed by atoms with Crippen LogP contribution in [-0.2, 0) is 0 Å². The summed E-state index contributed by atoms with van der Waals surface area (Å²) in [5.41, 5.74) is 1.30. The number of benzene rings is 1. The van der Waals surface area contributed by atoms with Gasteiger partial charge in [0, 0.05) is 18.5 Å². The summed E-state index contributed by atoms with van der Waals surface area (Å²) in [5, 5.41) is 25.1. The molecule has 8 nitrogen and oxygen atoms in total. The number of aromatic carboxylic acids is 1. The molecule has 0 radical (unpaired) electrons. The van der Waals surface area contributed by atoms with Crippen LogP contribution in [-0.4, -0.2) is 38.5 Å². The van der Waals surface area contributed by atoms with E-state index in [0.717, 1.165) is 5.56 Å². The first kappa shape index (κ1) is 23.6. The second-order valence-corrected chi connectivity index (χ2v) is 9.14. The molecule has 1 fully saturated rings. The fourth-order valence-electron chi connectivity index (χ4n) is 3.81. The van der Waals surface area contributed by atoms with E-state index < -0.39 is 23.3 Å². The van der Waals surface area contributed by atoms with Crippen molar-refractivity contribution >= 4 is 40.1 Å². The second kappa shape index (κ2) is 8.33. The number of aromatic nitrogens is 3. The van der Waals surface area contributed by atoms with Gasteiger partial charge in [0.05, 0.1) is 28.2 Å². The Kier molecular flexibility index (Phi) is 5.77. The Hall–Kier alpha value is -3.58. The Labute approximate surface area is 199 Å². The Morgan fingerprint density at radius 2 is 2.03 bits per heavy atom. The van der Waals surface area contributed by atoms with E-state index in [-0.39, 0.29) is 41.0 Å². The molecule has 34 heavy (non-hydrogen) atoms. The summed E-state index contributed by atoms with van der Waals surface area (Å²) in [6.07, 6.45) is -0.234. The summed E-state index contributed by atoms with van der Waals surface area (Å²) < 4.78 is 27.3. The minimum absolute atomic E-state index is 0.00675. The van der Waals surface area contributed by atoms with Crippen LogP contribution < -0.4 is 10.6 Å². The number of nitrogens with one attached hydrogen (secondary N) is 2. The first-order valence-electron chi connectivity index (χ1n) is 10.4. The molecule has 176 valence electrons. The summed E-state index contributed by atoms with van der Waals surface area (Å²) in [5.74, 6) is -3.87. The molecule has 0 bridgehead atoms. The largest absolute Gasteiger partial charge is 0.476 e. The van der Waals surface area contributed by atoms with Crippen molar-refractivity contribution in [2.75, 3.05) is 17.2 Å². The summed E-state index contributed by atoms with van der Waals surface area (Å²) in [4.78, 5) is 24.4. The maximum Gasteiger partial charge on any atom is 0.356 e. The van der Waals surface area contributed by atoms with Crippen LogP contribution in [0.15, 0.2) is 24.3 Å². The van der Waals surface area contributed by atoms with Crippen molar-refractivity contribution in [1.82, 2.24) is 15.0 Å². The SMILES string of the molecule is Cc1cc([C@@H](C)Nc2ccc(Cl)nc2C(=O)O)c2nc(NC[C@]3(C)CC3(F)F)c(C#N)nc2c1. The van der Waals surface area contributed by atoms with E-state index in [0.29, 0.717) is 16.6 Å². The van der Waals surface area contributed by atoms with Crippen molar-refractivity contribution in [3.63, 3.8) is 0 Å². The Balaban J connectivity index is 1.72. The number of rotatable bonds is 7. The Morgan fingerprint density at radius 1 is 1.32 bits per heavy atom. The molecule has 2 atom stereocenters. The number of aryl methyl sites for hydroxylation is 1. The van der Waals surface area contributed by atoms with Crippen molar-refractivity contribution in [2.45, 2.75) is 39.2 Å². The average molecular weight is 487 g/mol. The van der Waals surface area contributed by atoms with Crippen molar-refractivity contribution in [1.29, 1.82) is 5.26 Å². The maximum atomic E-state index is 13.7. The molecule has 0 aliphatic heterocycles. The Bertz CT molecular complexity index is 1360. The first-order chi connectivity index (χ1) is 15.9. The van der Waals surface area contributed by atoms with Crippen molar-refractivity contribution in [3.8, 4) is 6.07 Å². The van der Waals surface area contributed by atoms with Gasteiger partial charge in [0.2, 0.25) is 0 Å². The molecule has 0 saturated heterocycles. The molecule has 4 rings (SSSR count). The standard InChI is InChI=1S/C23H21ClF2N6O2/c1-11-6-13(12(2)29-14-4-5-17(24)31-19(14)21(33)34)18-15(7-11)30-16(8-27)20(32-18)28-10-22(3)9-23(22,25)26/h4-7,12,29H,9-10H2,1-3H3,(H,28,32)(H,33,34)/t12-,22+/m1/s1. The molecule has 0 unspecified atom stereocenters. The number of nitrogens with zero attached hydrogens (tertiary/aromatic N) is 4. The van der Waals surface area contributed by atoms with Crippen LogP contribution in [0.2, 0.25) is 5.15 Å². The minimum Gasteiger partial charge on any atom is -0.476 e. The van der Waals surface area contributed by atoms with Crippen LogP contribution in [0.4, 0.5) is 20.3 Å². The van der Waals surface area contributed by atoms with E-state index in [1.807, 2.05) is 26.0 Å². The van der Waals surface area contributed by atoms with Gasteiger partial charge in [-0.3, -0.25) is 0 Å². The number of fused-ring (bicyclic) bond motifs is 1. The van der Waals surface area contributed by atoms with E-state index in [1.54, 1.807) is 6.07 Å². The lowest BCUT2D eigenvalue weighted by atomic mass is 10.0. The van der Waals surface area contributed by atoms with Crippen LogP contribution in [0.5, 0.6) is 0 Å². The van der Waals surface area contributed by atoms with E-state index >= 15 is 0 Å². The normalized spacial score (nSPS) is 19.3. The monoisotopic (exact) mass is 486 g/mol. The molecule has 1 aromatic carbocycles. The smallest absolute Gasteiger partial charge is 0.356 e. The van der Waals surface area contributed by atoms with Gasteiger partial charge in [0.25, 0.3) is 5.92 Å². The number of pyridine rings is 1. The summed E-state index contributed by atoms with van der Waals surface area (Å²) in [6.45, 7) is 5.09. The van der Waals surface area contributed by atoms with Gasteiger partial charge in [0.1, 0.15) is 11.2 Å². The lowest BCUT2D eigenvalue weighted by Gasteiger charge is -2.20. The molecule has 0 amide bonds. The number of carboxylic acids is 1. The summed E-state index contributed by atoms with van der Waals surface area (Å²) in [6, 6.07) is 8.17. The highest BCUT2D eigenvalue weighted by molar-refractivity contribution is 6.29. The third-order valence-corrected chi connectivity index (χ3v) is 6.18. The maximum absolute atomic E-state index is 13.7. The number of hydrogen-bond donors (Lipinski definition) is 3. The number of halogens is 3. The molecule has 2 aromatic heterocycles. The highest BCUT2D eigenvalue weighted by Crippen LogP contribution is 2.60. The van der Waals surface area contributed by atoms with Crippen LogP contribution in [0.3, 0.4) is 0 Å². The second-order valence-electron chi connectivity index (χ2n) is 8.75. The highest BCUT2D eigenvalue weighted by atomic mass is 35.5. The number of carboxylic acid groups (broad SMARTS) is 1. The molecule has 1 aliphatic rings. The van der Waals surface area contributed by atoms with Crippen LogP contribution in [0, 0.1) is 23.7 Å². The minimum atomic E-state index is -2.76. The van der Waals surface area contributed by atoms with Gasteiger partial charge < -0.3 is 15.7 Å². The van der Waals surface area contributed by atoms with Gasteiger partial charge in [-0.1, -0.05) is 24.6 Å². The molecule has 0 spiro atoms. The average Bonchev–Trinajstić information content (AvgIpc) is 3.29. The zero-order valence-corrected chi connectivity index (χ0v) is 19.3. The molecular formula is C23H21ClF2N6O2. The third kappa shape index (κ3) is 4.31. The van der Waals surface area contributed by atoms with Gasteiger partial charge in [-0.2, -0.15) is 5.26 Å². The Morgan fingerprint density at radius 3 is 2.65 bits per heavy atom. The van der Waals surface area contributed by atoms with E-state index in [1.165, 1.54) is 19.1 Å². The van der Waals surface area contributed by atoms with Crippen LogP contribution >= 0.6 is 11.6 Å². The van der Waals surface area contributed by atoms with Crippen molar-refractivity contribution in [2.24, 2.45) is 5.41 Å². The molecule has 3 N–H and O–H groups in total. The summed E-state index contributed by atoms with van der Waals surface area (Å²) >= 11 is 5.84. The number of carbonyl (C=O) groups is 1. The fourth-order valence-corrected chi connectivity index (χ4v) is 3.95. The topological polar surface area (TPSA) is 124 Å². The lowest BCUT2D eigenvalue weighted by Crippen LogP contribution is -2.20. The molecule has 3 aromatic rings.